The molecule has 2 unspecified atom stereocenters. The Morgan fingerprint density at radius 1 is 1.14 bits per heavy atom. The standard InChI is InChI=1S/C22H20FN3O2/c23-16-10-8-15(9-11-16)21-18-19(14-5-2-1-3-6-14)24-25-20(18)22(27)26(21)13-17-7-4-12-28-17/h1-3,5-6,8-11,17,21H,4,7,12-13H2,(H,24,25). The summed E-state index contributed by atoms with van der Waals surface area (Å²) in [5.74, 6) is -0.385. The van der Waals surface area contributed by atoms with E-state index in [1.165, 1.54) is 12.1 Å². The van der Waals surface area contributed by atoms with Gasteiger partial charge >= 0.3 is 0 Å². The van der Waals surface area contributed by atoms with Gasteiger partial charge < -0.3 is 9.64 Å². The van der Waals surface area contributed by atoms with Gasteiger partial charge in [-0.2, -0.15) is 5.10 Å². The molecule has 28 heavy (non-hydrogen) atoms. The van der Waals surface area contributed by atoms with Crippen LogP contribution in [-0.2, 0) is 4.74 Å². The smallest absolute Gasteiger partial charge is 0.273 e. The molecular formula is C22H20FN3O2. The summed E-state index contributed by atoms with van der Waals surface area (Å²) in [6, 6.07) is 15.8. The molecule has 6 heteroatoms. The van der Waals surface area contributed by atoms with Crippen LogP contribution < -0.4 is 0 Å². The summed E-state index contributed by atoms with van der Waals surface area (Å²) in [5, 5.41) is 7.38. The van der Waals surface area contributed by atoms with Gasteiger partial charge in [-0.3, -0.25) is 9.89 Å². The van der Waals surface area contributed by atoms with Crippen molar-refractivity contribution in [2.75, 3.05) is 13.2 Å². The van der Waals surface area contributed by atoms with Gasteiger partial charge in [0.15, 0.2) is 0 Å². The quantitative estimate of drug-likeness (QED) is 0.749. The van der Waals surface area contributed by atoms with Crippen LogP contribution in [0.5, 0.6) is 0 Å². The lowest BCUT2D eigenvalue weighted by Crippen LogP contribution is -2.36. The number of ether oxygens (including phenoxy) is 1. The molecule has 5 rings (SSSR count). The molecule has 0 saturated carbocycles. The molecule has 0 radical (unpaired) electrons. The second kappa shape index (κ2) is 6.87. The van der Waals surface area contributed by atoms with E-state index < -0.39 is 0 Å². The number of H-pyrrole nitrogens is 1. The Hall–Kier alpha value is -2.99. The number of carbonyl (C=O) groups excluding carboxylic acids is 1. The number of aromatic amines is 1. The van der Waals surface area contributed by atoms with E-state index in [0.717, 1.165) is 41.8 Å². The fourth-order valence-electron chi connectivity index (χ4n) is 4.20. The monoisotopic (exact) mass is 377 g/mol. The van der Waals surface area contributed by atoms with Crippen molar-refractivity contribution in [3.05, 3.63) is 77.2 Å². The predicted octanol–water partition coefficient (Wildman–Crippen LogP) is 3.94. The van der Waals surface area contributed by atoms with Crippen LogP contribution in [-0.4, -0.2) is 40.3 Å². The molecular weight excluding hydrogens is 357 g/mol. The van der Waals surface area contributed by atoms with E-state index in [-0.39, 0.29) is 23.9 Å². The number of nitrogens with zero attached hydrogens (tertiary/aromatic N) is 2. The number of hydrogen-bond donors (Lipinski definition) is 1. The summed E-state index contributed by atoms with van der Waals surface area (Å²) < 4.78 is 19.3. The van der Waals surface area contributed by atoms with Gasteiger partial charge in [0.05, 0.1) is 17.8 Å². The van der Waals surface area contributed by atoms with E-state index in [1.807, 2.05) is 35.2 Å². The minimum Gasteiger partial charge on any atom is -0.376 e. The SMILES string of the molecule is O=C1c2[nH]nc(-c3ccccc3)c2C(c2ccc(F)cc2)N1CC1CCCO1. The number of carbonyl (C=O) groups is 1. The highest BCUT2D eigenvalue weighted by molar-refractivity contribution is 6.00. The van der Waals surface area contributed by atoms with Crippen molar-refractivity contribution >= 4 is 5.91 Å². The number of aromatic nitrogens is 2. The van der Waals surface area contributed by atoms with Gasteiger partial charge in [0, 0.05) is 24.3 Å². The molecule has 0 bridgehead atoms. The third-order valence-electron chi connectivity index (χ3n) is 5.52. The molecule has 5 nitrogen and oxygen atoms in total. The number of benzene rings is 2. The molecule has 1 fully saturated rings. The number of fused-ring (bicyclic) bond motifs is 1. The van der Waals surface area contributed by atoms with Crippen LogP contribution in [0.3, 0.4) is 0 Å². The summed E-state index contributed by atoms with van der Waals surface area (Å²) in [6.45, 7) is 1.24. The molecule has 0 aliphatic carbocycles. The van der Waals surface area contributed by atoms with Crippen molar-refractivity contribution in [2.45, 2.75) is 25.0 Å². The summed E-state index contributed by atoms with van der Waals surface area (Å²) in [4.78, 5) is 15.0. The lowest BCUT2D eigenvalue weighted by molar-refractivity contribution is 0.0495. The molecule has 3 aromatic rings. The number of hydrogen-bond acceptors (Lipinski definition) is 3. The zero-order valence-electron chi connectivity index (χ0n) is 15.3. The number of rotatable bonds is 4. The van der Waals surface area contributed by atoms with Crippen LogP contribution in [0, 0.1) is 5.82 Å². The van der Waals surface area contributed by atoms with Crippen LogP contribution in [0.15, 0.2) is 54.6 Å². The van der Waals surface area contributed by atoms with Crippen LogP contribution in [0.4, 0.5) is 4.39 Å². The molecule has 1 aromatic heterocycles. The Balaban J connectivity index is 1.62. The highest BCUT2D eigenvalue weighted by Gasteiger charge is 2.43. The van der Waals surface area contributed by atoms with Crippen molar-refractivity contribution < 1.29 is 13.9 Å². The fourth-order valence-corrected chi connectivity index (χ4v) is 4.20. The van der Waals surface area contributed by atoms with Crippen LogP contribution in [0.1, 0.15) is 40.5 Å². The Bertz CT molecular complexity index is 994. The van der Waals surface area contributed by atoms with Gasteiger partial charge in [0.25, 0.3) is 5.91 Å². The van der Waals surface area contributed by atoms with E-state index in [1.54, 1.807) is 12.1 Å². The Kier molecular flexibility index (Phi) is 4.20. The van der Waals surface area contributed by atoms with Crippen LogP contribution in [0.25, 0.3) is 11.3 Å². The highest BCUT2D eigenvalue weighted by Crippen LogP contribution is 2.43. The highest BCUT2D eigenvalue weighted by atomic mass is 19.1. The largest absolute Gasteiger partial charge is 0.376 e. The van der Waals surface area contributed by atoms with Crippen molar-refractivity contribution in [2.24, 2.45) is 0 Å². The molecule has 1 amide bonds. The average molecular weight is 377 g/mol. The summed E-state index contributed by atoms with van der Waals surface area (Å²) in [7, 11) is 0. The van der Waals surface area contributed by atoms with Crippen molar-refractivity contribution in [1.29, 1.82) is 0 Å². The molecule has 1 saturated heterocycles. The summed E-state index contributed by atoms with van der Waals surface area (Å²) >= 11 is 0. The average Bonchev–Trinajstić information content (AvgIpc) is 3.44. The molecule has 3 heterocycles. The van der Waals surface area contributed by atoms with Crippen LogP contribution >= 0.6 is 0 Å². The van der Waals surface area contributed by atoms with Gasteiger partial charge in [-0.1, -0.05) is 42.5 Å². The molecule has 2 atom stereocenters. The maximum Gasteiger partial charge on any atom is 0.273 e. The third-order valence-corrected chi connectivity index (χ3v) is 5.52. The van der Waals surface area contributed by atoms with Crippen LogP contribution in [0.2, 0.25) is 0 Å². The number of amides is 1. The Morgan fingerprint density at radius 3 is 2.64 bits per heavy atom. The van der Waals surface area contributed by atoms with Gasteiger partial charge in [0.2, 0.25) is 0 Å². The van der Waals surface area contributed by atoms with Gasteiger partial charge in [-0.25, -0.2) is 4.39 Å². The van der Waals surface area contributed by atoms with E-state index in [0.29, 0.717) is 12.2 Å². The van der Waals surface area contributed by atoms with E-state index in [9.17, 15) is 9.18 Å². The van der Waals surface area contributed by atoms with E-state index in [2.05, 4.69) is 10.2 Å². The van der Waals surface area contributed by atoms with Crippen molar-refractivity contribution in [3.63, 3.8) is 0 Å². The van der Waals surface area contributed by atoms with E-state index >= 15 is 0 Å². The summed E-state index contributed by atoms with van der Waals surface area (Å²) in [5.41, 5.74) is 3.92. The predicted molar refractivity (Wildman–Crippen MR) is 102 cm³/mol. The van der Waals surface area contributed by atoms with Gasteiger partial charge in [-0.05, 0) is 30.5 Å². The molecule has 1 N–H and O–H groups in total. The number of nitrogens with one attached hydrogen (secondary N) is 1. The number of halogens is 1. The fraction of sp³-hybridized carbons (Fsp3) is 0.273. The van der Waals surface area contributed by atoms with Gasteiger partial charge in [0.1, 0.15) is 11.5 Å². The normalized spacial score (nSPS) is 21.3. The molecule has 0 spiro atoms. The Labute approximate surface area is 162 Å². The maximum atomic E-state index is 13.5. The van der Waals surface area contributed by atoms with E-state index in [4.69, 9.17) is 4.74 Å². The van der Waals surface area contributed by atoms with Crippen molar-refractivity contribution in [3.8, 4) is 11.3 Å². The first-order chi connectivity index (χ1) is 13.7. The zero-order valence-corrected chi connectivity index (χ0v) is 15.3. The first-order valence-corrected chi connectivity index (χ1v) is 9.54. The molecule has 2 aliphatic rings. The minimum atomic E-state index is -0.318. The first kappa shape index (κ1) is 17.1. The second-order valence-electron chi connectivity index (χ2n) is 7.27. The Morgan fingerprint density at radius 2 is 1.93 bits per heavy atom. The van der Waals surface area contributed by atoms with Crippen molar-refractivity contribution in [1.82, 2.24) is 15.1 Å². The minimum absolute atomic E-state index is 0.0315. The lowest BCUT2D eigenvalue weighted by atomic mass is 9.96. The molecule has 2 aromatic carbocycles. The molecule has 142 valence electrons. The zero-order chi connectivity index (χ0) is 19.1. The lowest BCUT2D eigenvalue weighted by Gasteiger charge is -2.28. The third kappa shape index (κ3) is 2.81. The van der Waals surface area contributed by atoms with Gasteiger partial charge in [-0.15, -0.1) is 0 Å². The summed E-state index contributed by atoms with van der Waals surface area (Å²) in [6.07, 6.45) is 1.98. The topological polar surface area (TPSA) is 58.2 Å². The molecule has 2 aliphatic heterocycles. The maximum absolute atomic E-state index is 13.5. The second-order valence-corrected chi connectivity index (χ2v) is 7.27. The first-order valence-electron chi connectivity index (χ1n) is 9.54.